The maximum atomic E-state index is 13.0. The fourth-order valence-corrected chi connectivity index (χ4v) is 2.10. The summed E-state index contributed by atoms with van der Waals surface area (Å²) in [6.07, 6.45) is -1.19. The van der Waals surface area contributed by atoms with E-state index in [4.69, 9.17) is 4.11 Å². The van der Waals surface area contributed by atoms with Crippen LogP contribution in [0.5, 0.6) is 0 Å². The number of hydrogen-bond donors (Lipinski definition) is 2. The first kappa shape index (κ1) is 11.4. The van der Waals surface area contributed by atoms with Gasteiger partial charge in [-0.05, 0) is 42.5 Å². The van der Waals surface area contributed by atoms with Crippen molar-refractivity contribution in [3.63, 3.8) is 0 Å². The molecule has 0 saturated heterocycles. The second-order valence-electron chi connectivity index (χ2n) is 4.67. The van der Waals surface area contributed by atoms with Gasteiger partial charge in [0.2, 0.25) is 5.95 Å². The lowest BCUT2D eigenvalue weighted by Crippen LogP contribution is -2.11. The van der Waals surface area contributed by atoms with Crippen molar-refractivity contribution in [3.05, 3.63) is 59.4 Å². The summed E-state index contributed by atoms with van der Waals surface area (Å²) < 4.78 is 37.7. The number of H-pyrrole nitrogens is 1. The van der Waals surface area contributed by atoms with Crippen LogP contribution >= 0.6 is 0 Å². The lowest BCUT2D eigenvalue weighted by atomic mass is 10.0. The first-order chi connectivity index (χ1) is 12.2. The van der Waals surface area contributed by atoms with Crippen LogP contribution in [0.3, 0.4) is 0 Å². The van der Waals surface area contributed by atoms with Crippen molar-refractivity contribution in [2.45, 2.75) is 0 Å². The zero-order valence-corrected chi connectivity index (χ0v) is 11.6. The Labute approximate surface area is 134 Å². The molecular weight excluding hydrogens is 301 g/mol. The third-order valence-electron chi connectivity index (χ3n) is 3.16. The van der Waals surface area contributed by atoms with Crippen LogP contribution in [0.15, 0.2) is 42.5 Å². The van der Waals surface area contributed by atoms with Crippen LogP contribution in [0.2, 0.25) is 0 Å². The van der Waals surface area contributed by atoms with Crippen LogP contribution < -0.4 is 5.32 Å². The number of ketones is 1. The molecule has 1 heterocycles. The van der Waals surface area contributed by atoms with Crippen molar-refractivity contribution < 1.29 is 22.8 Å². The molecule has 0 aliphatic rings. The minimum absolute atomic E-state index is 0.0272. The van der Waals surface area contributed by atoms with Crippen LogP contribution in [0, 0.1) is 5.82 Å². The van der Waals surface area contributed by atoms with Gasteiger partial charge in [0, 0.05) is 11.1 Å². The van der Waals surface area contributed by atoms with E-state index in [1.165, 1.54) is 30.3 Å². The van der Waals surface area contributed by atoms with E-state index in [1.54, 1.807) is 12.1 Å². The van der Waals surface area contributed by atoms with Gasteiger partial charge in [-0.1, -0.05) is 0 Å². The minimum Gasteiger partial charge on any atom is -0.453 e. The fourth-order valence-electron chi connectivity index (χ4n) is 2.10. The standard InChI is InChI=1S/C16H12FN3O3/c1-23-16(22)20-15-18-12-7-4-10(8-13(12)19-15)14(21)9-2-5-11(17)6-3-9/h2-8H,1H3,(H2,18,19,20,22)/i1D3. The van der Waals surface area contributed by atoms with E-state index in [0.717, 1.165) is 0 Å². The Morgan fingerprint density at radius 2 is 1.96 bits per heavy atom. The van der Waals surface area contributed by atoms with Crippen LogP contribution in [0.4, 0.5) is 15.1 Å². The molecular formula is C16H12FN3O3. The van der Waals surface area contributed by atoms with Gasteiger partial charge < -0.3 is 9.72 Å². The number of fused-ring (bicyclic) bond motifs is 1. The van der Waals surface area contributed by atoms with Gasteiger partial charge in [0.05, 0.1) is 22.2 Å². The van der Waals surface area contributed by atoms with E-state index < -0.39 is 18.9 Å². The van der Waals surface area contributed by atoms with E-state index in [1.807, 2.05) is 0 Å². The third-order valence-corrected chi connectivity index (χ3v) is 3.16. The Morgan fingerprint density at radius 3 is 2.70 bits per heavy atom. The number of methoxy groups -OCH3 is 1. The molecule has 0 spiro atoms. The molecule has 7 heteroatoms. The summed E-state index contributed by atoms with van der Waals surface area (Å²) in [5, 5.41) is 2.16. The highest BCUT2D eigenvalue weighted by molar-refractivity contribution is 6.10. The number of carbonyl (C=O) groups excluding carboxylic acids is 2. The third kappa shape index (κ3) is 3.03. The highest BCUT2D eigenvalue weighted by Gasteiger charge is 2.12. The molecule has 6 nitrogen and oxygen atoms in total. The topological polar surface area (TPSA) is 84.1 Å². The van der Waals surface area contributed by atoms with Gasteiger partial charge in [-0.25, -0.2) is 14.2 Å². The van der Waals surface area contributed by atoms with E-state index in [2.05, 4.69) is 20.0 Å². The van der Waals surface area contributed by atoms with E-state index in [-0.39, 0.29) is 11.7 Å². The summed E-state index contributed by atoms with van der Waals surface area (Å²) in [4.78, 5) is 30.7. The molecule has 23 heavy (non-hydrogen) atoms. The zero-order chi connectivity index (χ0) is 18.9. The molecule has 0 aliphatic carbocycles. The lowest BCUT2D eigenvalue weighted by molar-refractivity contribution is 0.103. The van der Waals surface area contributed by atoms with Gasteiger partial charge in [0.1, 0.15) is 5.82 Å². The summed E-state index contributed by atoms with van der Waals surface area (Å²) >= 11 is 0. The largest absolute Gasteiger partial charge is 0.453 e. The molecule has 1 aromatic heterocycles. The number of rotatable bonds is 3. The molecule has 1 amide bonds. The first-order valence-electron chi connectivity index (χ1n) is 8.01. The highest BCUT2D eigenvalue weighted by atomic mass is 19.1. The summed E-state index contributed by atoms with van der Waals surface area (Å²) in [6, 6.07) is 9.77. The van der Waals surface area contributed by atoms with Crippen molar-refractivity contribution in [3.8, 4) is 0 Å². The van der Waals surface area contributed by atoms with E-state index in [9.17, 15) is 14.0 Å². The number of benzene rings is 2. The van der Waals surface area contributed by atoms with Gasteiger partial charge in [-0.2, -0.15) is 0 Å². The normalized spacial score (nSPS) is 13.0. The number of aromatic amines is 1. The minimum atomic E-state index is -2.87. The van der Waals surface area contributed by atoms with Crippen molar-refractivity contribution in [1.29, 1.82) is 0 Å². The van der Waals surface area contributed by atoms with Crippen LogP contribution in [-0.4, -0.2) is 28.9 Å². The molecule has 0 bridgehead atoms. The molecule has 3 aromatic rings. The highest BCUT2D eigenvalue weighted by Crippen LogP contribution is 2.19. The number of amides is 1. The van der Waals surface area contributed by atoms with E-state index in [0.29, 0.717) is 22.2 Å². The quantitative estimate of drug-likeness (QED) is 0.727. The Kier molecular flexibility index (Phi) is 2.90. The Bertz CT molecular complexity index is 984. The number of imidazole rings is 1. The maximum absolute atomic E-state index is 13.0. The van der Waals surface area contributed by atoms with Gasteiger partial charge >= 0.3 is 6.09 Å². The molecule has 0 saturated carbocycles. The number of halogens is 1. The average molecular weight is 316 g/mol. The van der Waals surface area contributed by atoms with Crippen molar-refractivity contribution >= 4 is 28.9 Å². The predicted octanol–water partition coefficient (Wildman–Crippen LogP) is 3.11. The Hall–Kier alpha value is -3.22. The molecule has 3 rings (SSSR count). The lowest BCUT2D eigenvalue weighted by Gasteiger charge is -2.01. The summed E-state index contributed by atoms with van der Waals surface area (Å²) in [7, 11) is -2.87. The summed E-state index contributed by atoms with van der Waals surface area (Å²) in [6.45, 7) is 0. The maximum Gasteiger partial charge on any atom is 0.413 e. The zero-order valence-electron chi connectivity index (χ0n) is 14.6. The smallest absolute Gasteiger partial charge is 0.413 e. The molecule has 0 atom stereocenters. The number of nitrogens with zero attached hydrogens (tertiary/aromatic N) is 1. The van der Waals surface area contributed by atoms with Gasteiger partial charge in [0.25, 0.3) is 0 Å². The first-order valence-corrected chi connectivity index (χ1v) is 6.51. The summed E-state index contributed by atoms with van der Waals surface area (Å²) in [5.41, 5.74) is 1.56. The van der Waals surface area contributed by atoms with Crippen LogP contribution in [0.1, 0.15) is 20.0 Å². The molecule has 116 valence electrons. The van der Waals surface area contributed by atoms with E-state index >= 15 is 0 Å². The second kappa shape index (κ2) is 5.88. The molecule has 0 fully saturated rings. The SMILES string of the molecule is [2H]C([2H])([2H])OC(=O)Nc1nc2ccc(C(=O)c3ccc(F)cc3)cc2[nH]1. The number of hydrogen-bond acceptors (Lipinski definition) is 4. The van der Waals surface area contributed by atoms with Crippen molar-refractivity contribution in [2.75, 3.05) is 12.4 Å². The molecule has 0 aliphatic heterocycles. The van der Waals surface area contributed by atoms with Gasteiger partial charge in [0.15, 0.2) is 5.78 Å². The number of aromatic nitrogens is 2. The molecule has 0 unspecified atom stereocenters. The van der Waals surface area contributed by atoms with Gasteiger partial charge in [-0.3, -0.25) is 10.1 Å². The monoisotopic (exact) mass is 316 g/mol. The average Bonchev–Trinajstić information content (AvgIpc) is 2.94. The second-order valence-corrected chi connectivity index (χ2v) is 4.67. The predicted molar refractivity (Wildman–Crippen MR) is 82.0 cm³/mol. The molecule has 2 aromatic carbocycles. The van der Waals surface area contributed by atoms with Crippen LogP contribution in [0.25, 0.3) is 11.0 Å². The Morgan fingerprint density at radius 1 is 1.22 bits per heavy atom. The molecule has 0 radical (unpaired) electrons. The van der Waals surface area contributed by atoms with Gasteiger partial charge in [-0.15, -0.1) is 0 Å². The van der Waals surface area contributed by atoms with Crippen molar-refractivity contribution in [1.82, 2.24) is 9.97 Å². The number of ether oxygens (including phenoxy) is 1. The molecule has 2 N–H and O–H groups in total. The Balaban J connectivity index is 1.82. The number of nitrogens with one attached hydrogen (secondary N) is 2. The number of anilines is 1. The summed E-state index contributed by atoms with van der Waals surface area (Å²) in [5.74, 6) is -0.774. The number of carbonyl (C=O) groups is 2. The fraction of sp³-hybridized carbons (Fsp3) is 0.0625. The van der Waals surface area contributed by atoms with Crippen molar-refractivity contribution in [2.24, 2.45) is 0 Å². The van der Waals surface area contributed by atoms with Crippen LogP contribution in [-0.2, 0) is 4.74 Å².